The molecule has 0 aromatic heterocycles. The van der Waals surface area contributed by atoms with Crippen molar-refractivity contribution in [2.24, 2.45) is 11.8 Å². The summed E-state index contributed by atoms with van der Waals surface area (Å²) in [5.74, 6) is 0.829. The van der Waals surface area contributed by atoms with Crippen molar-refractivity contribution < 1.29 is 14.6 Å². The number of allylic oxidation sites excluding steroid dienone is 2. The van der Waals surface area contributed by atoms with Gasteiger partial charge in [-0.05, 0) is 24.7 Å². The van der Waals surface area contributed by atoms with E-state index in [4.69, 9.17) is 9.47 Å². The van der Waals surface area contributed by atoms with Crippen LogP contribution in [0.2, 0.25) is 0 Å². The number of fused-ring (bicyclic) bond motifs is 4. The van der Waals surface area contributed by atoms with E-state index < -0.39 is 6.10 Å². The third-order valence-corrected chi connectivity index (χ3v) is 3.46. The number of hydrogen-bond donors (Lipinski definition) is 1. The molecular weight excluding hydrogens is 168 g/mol. The van der Waals surface area contributed by atoms with Gasteiger partial charge in [0.2, 0.25) is 0 Å². The van der Waals surface area contributed by atoms with Gasteiger partial charge in [-0.3, -0.25) is 0 Å². The van der Waals surface area contributed by atoms with Gasteiger partial charge in [0, 0.05) is 0 Å². The summed E-state index contributed by atoms with van der Waals surface area (Å²) in [4.78, 5) is 0. The second kappa shape index (κ2) is 2.80. The Hall–Kier alpha value is -0.380. The van der Waals surface area contributed by atoms with Crippen molar-refractivity contribution in [3.05, 3.63) is 12.2 Å². The molecule has 3 aliphatic rings. The standard InChI is InChI=1S/C10H14O3/c11-9-7-4-2-1-3-6(7)8-5-12-10(9)13-8/h1-2,6-11H,3-5H2. The molecule has 3 rings (SSSR count). The van der Waals surface area contributed by atoms with E-state index in [-0.39, 0.29) is 12.4 Å². The Morgan fingerprint density at radius 2 is 1.92 bits per heavy atom. The zero-order valence-corrected chi connectivity index (χ0v) is 7.43. The van der Waals surface area contributed by atoms with Crippen LogP contribution in [0.25, 0.3) is 0 Å². The van der Waals surface area contributed by atoms with Crippen LogP contribution in [0, 0.1) is 11.8 Å². The first-order valence-electron chi connectivity index (χ1n) is 4.96. The molecule has 0 aromatic carbocycles. The maximum atomic E-state index is 9.91. The minimum atomic E-state index is -0.423. The molecule has 0 radical (unpaired) electrons. The van der Waals surface area contributed by atoms with E-state index in [1.54, 1.807) is 0 Å². The molecule has 2 aliphatic heterocycles. The molecule has 2 saturated heterocycles. The fourth-order valence-corrected chi connectivity index (χ4v) is 2.72. The Bertz CT molecular complexity index is 230. The first-order valence-corrected chi connectivity index (χ1v) is 4.96. The van der Waals surface area contributed by atoms with E-state index in [1.807, 2.05) is 0 Å². The highest BCUT2D eigenvalue weighted by atomic mass is 16.7. The maximum Gasteiger partial charge on any atom is 0.184 e. The molecule has 2 bridgehead atoms. The zero-order valence-electron chi connectivity index (χ0n) is 7.43. The van der Waals surface area contributed by atoms with Crippen LogP contribution in [-0.2, 0) is 9.47 Å². The molecule has 72 valence electrons. The van der Waals surface area contributed by atoms with Gasteiger partial charge in [0.15, 0.2) is 6.29 Å². The predicted octanol–water partition coefficient (Wildman–Crippen LogP) is 0.685. The van der Waals surface area contributed by atoms with E-state index in [0.29, 0.717) is 18.4 Å². The fourth-order valence-electron chi connectivity index (χ4n) is 2.72. The smallest absolute Gasteiger partial charge is 0.184 e. The van der Waals surface area contributed by atoms with E-state index in [1.165, 1.54) is 0 Å². The number of hydrogen-bond acceptors (Lipinski definition) is 3. The minimum absolute atomic E-state index is 0.225. The lowest BCUT2D eigenvalue weighted by Crippen LogP contribution is -2.47. The molecule has 0 amide bonds. The number of aliphatic hydroxyl groups excluding tert-OH is 1. The Kier molecular flexibility index (Phi) is 1.72. The summed E-state index contributed by atoms with van der Waals surface area (Å²) in [7, 11) is 0. The lowest BCUT2D eigenvalue weighted by atomic mass is 9.75. The van der Waals surface area contributed by atoms with Crippen LogP contribution in [0.5, 0.6) is 0 Å². The molecule has 2 heterocycles. The summed E-state index contributed by atoms with van der Waals surface area (Å²) in [6.07, 6.45) is 5.81. The normalized spacial score (nSPS) is 53.5. The van der Waals surface area contributed by atoms with Crippen molar-refractivity contribution in [3.63, 3.8) is 0 Å². The van der Waals surface area contributed by atoms with E-state index in [0.717, 1.165) is 12.8 Å². The second-order valence-corrected chi connectivity index (χ2v) is 4.14. The minimum Gasteiger partial charge on any atom is -0.388 e. The Morgan fingerprint density at radius 1 is 1.15 bits per heavy atom. The molecule has 5 atom stereocenters. The fraction of sp³-hybridized carbons (Fsp3) is 0.800. The molecule has 2 fully saturated rings. The quantitative estimate of drug-likeness (QED) is 0.560. The summed E-state index contributed by atoms with van der Waals surface area (Å²) in [6.45, 7) is 0.663. The summed E-state index contributed by atoms with van der Waals surface area (Å²) < 4.78 is 11.0. The third-order valence-electron chi connectivity index (χ3n) is 3.46. The van der Waals surface area contributed by atoms with Crippen molar-refractivity contribution in [1.82, 2.24) is 0 Å². The van der Waals surface area contributed by atoms with Crippen LogP contribution >= 0.6 is 0 Å². The van der Waals surface area contributed by atoms with Gasteiger partial charge in [0.25, 0.3) is 0 Å². The van der Waals surface area contributed by atoms with Gasteiger partial charge in [-0.15, -0.1) is 0 Å². The highest BCUT2D eigenvalue weighted by Gasteiger charge is 2.49. The Balaban J connectivity index is 1.90. The lowest BCUT2D eigenvalue weighted by molar-refractivity contribution is -0.193. The maximum absolute atomic E-state index is 9.91. The summed E-state index contributed by atoms with van der Waals surface area (Å²) in [5, 5.41) is 9.91. The first kappa shape index (κ1) is 7.97. The monoisotopic (exact) mass is 182 g/mol. The predicted molar refractivity (Wildman–Crippen MR) is 46.0 cm³/mol. The van der Waals surface area contributed by atoms with Crippen molar-refractivity contribution in [1.29, 1.82) is 0 Å². The van der Waals surface area contributed by atoms with Crippen molar-refractivity contribution in [2.75, 3.05) is 6.61 Å². The average molecular weight is 182 g/mol. The van der Waals surface area contributed by atoms with E-state index in [9.17, 15) is 5.11 Å². The Labute approximate surface area is 77.3 Å². The van der Waals surface area contributed by atoms with Gasteiger partial charge < -0.3 is 14.6 Å². The van der Waals surface area contributed by atoms with Crippen LogP contribution < -0.4 is 0 Å². The van der Waals surface area contributed by atoms with Crippen LogP contribution in [0.4, 0.5) is 0 Å². The number of rotatable bonds is 0. The van der Waals surface area contributed by atoms with Crippen LogP contribution in [-0.4, -0.2) is 30.2 Å². The SMILES string of the molecule is OC1C2OCC(O2)C2CC=CCC12. The first-order chi connectivity index (χ1) is 6.36. The molecule has 3 heteroatoms. The molecule has 3 nitrogen and oxygen atoms in total. The molecule has 0 aromatic rings. The largest absolute Gasteiger partial charge is 0.388 e. The molecule has 1 N–H and O–H groups in total. The third kappa shape index (κ3) is 1.08. The van der Waals surface area contributed by atoms with Gasteiger partial charge in [0.1, 0.15) is 6.10 Å². The Morgan fingerprint density at radius 3 is 2.77 bits per heavy atom. The number of ether oxygens (including phenoxy) is 2. The van der Waals surface area contributed by atoms with Gasteiger partial charge >= 0.3 is 0 Å². The van der Waals surface area contributed by atoms with Gasteiger partial charge in [-0.1, -0.05) is 12.2 Å². The zero-order chi connectivity index (χ0) is 8.84. The summed E-state index contributed by atoms with van der Waals surface area (Å²) >= 11 is 0. The van der Waals surface area contributed by atoms with Crippen molar-refractivity contribution >= 4 is 0 Å². The van der Waals surface area contributed by atoms with Crippen LogP contribution in [0.1, 0.15) is 12.8 Å². The van der Waals surface area contributed by atoms with Gasteiger partial charge in [0.05, 0.1) is 12.7 Å². The molecule has 0 saturated carbocycles. The summed E-state index contributed by atoms with van der Waals surface area (Å²) in [5.41, 5.74) is 0. The van der Waals surface area contributed by atoms with Crippen molar-refractivity contribution in [2.45, 2.75) is 31.3 Å². The van der Waals surface area contributed by atoms with Crippen LogP contribution in [0.15, 0.2) is 12.2 Å². The van der Waals surface area contributed by atoms with E-state index in [2.05, 4.69) is 12.2 Å². The molecule has 0 spiro atoms. The number of aliphatic hydroxyl groups is 1. The highest BCUT2D eigenvalue weighted by Crippen LogP contribution is 2.42. The molecule has 1 aliphatic carbocycles. The highest BCUT2D eigenvalue weighted by molar-refractivity contribution is 5.03. The molecular formula is C10H14O3. The second-order valence-electron chi connectivity index (χ2n) is 4.14. The van der Waals surface area contributed by atoms with Crippen molar-refractivity contribution in [3.8, 4) is 0 Å². The van der Waals surface area contributed by atoms with Crippen LogP contribution in [0.3, 0.4) is 0 Å². The average Bonchev–Trinajstić information content (AvgIpc) is 2.61. The van der Waals surface area contributed by atoms with E-state index >= 15 is 0 Å². The van der Waals surface area contributed by atoms with Gasteiger partial charge in [-0.25, -0.2) is 0 Å². The lowest BCUT2D eigenvalue weighted by Gasteiger charge is -2.39. The molecule has 13 heavy (non-hydrogen) atoms. The molecule has 5 unspecified atom stereocenters. The summed E-state index contributed by atoms with van der Waals surface area (Å²) in [6, 6.07) is 0. The topological polar surface area (TPSA) is 38.7 Å². The van der Waals surface area contributed by atoms with Gasteiger partial charge in [-0.2, -0.15) is 0 Å².